The molecule has 1 aromatic carbocycles. The molecule has 1 aromatic heterocycles. The van der Waals surface area contributed by atoms with E-state index in [-0.39, 0.29) is 5.78 Å². The summed E-state index contributed by atoms with van der Waals surface area (Å²) in [7, 11) is 0. The summed E-state index contributed by atoms with van der Waals surface area (Å²) in [5, 5.41) is 0. The number of carbonyl (C=O) groups excluding carboxylic acids is 1. The molecule has 0 amide bonds. The van der Waals surface area contributed by atoms with Crippen LogP contribution in [0.3, 0.4) is 0 Å². The van der Waals surface area contributed by atoms with Gasteiger partial charge in [0.2, 0.25) is 0 Å². The summed E-state index contributed by atoms with van der Waals surface area (Å²) >= 11 is 0. The lowest BCUT2D eigenvalue weighted by Gasteiger charge is -2.09. The van der Waals surface area contributed by atoms with E-state index in [0.717, 1.165) is 16.7 Å². The van der Waals surface area contributed by atoms with Crippen LogP contribution in [0.2, 0.25) is 0 Å². The summed E-state index contributed by atoms with van der Waals surface area (Å²) in [6, 6.07) is 4.08. The molecule has 0 radical (unpaired) electrons. The molecule has 3 nitrogen and oxygen atoms in total. The minimum Gasteiger partial charge on any atom is -0.294 e. The number of aryl methyl sites for hydroxylation is 3. The molecule has 0 aliphatic carbocycles. The first-order chi connectivity index (χ1) is 8.58. The zero-order valence-corrected chi connectivity index (χ0v) is 10.9. The maximum atomic E-state index is 12.3. The predicted molar refractivity (Wildman–Crippen MR) is 70.7 cm³/mol. The highest BCUT2D eigenvalue weighted by Gasteiger charge is 2.13. The van der Waals surface area contributed by atoms with Crippen LogP contribution in [0.4, 0.5) is 0 Å². The number of nitrogens with zero attached hydrogens (tertiary/aromatic N) is 2. The Morgan fingerprint density at radius 1 is 1.11 bits per heavy atom. The molecule has 0 saturated heterocycles. The number of benzene rings is 1. The molecular formula is C15H16N2O. The molecule has 0 atom stereocenters. The number of ketones is 1. The van der Waals surface area contributed by atoms with Gasteiger partial charge in [-0.2, -0.15) is 0 Å². The van der Waals surface area contributed by atoms with Crippen LogP contribution in [0.15, 0.2) is 30.7 Å². The van der Waals surface area contributed by atoms with Gasteiger partial charge in [-0.05, 0) is 31.9 Å². The molecule has 2 aromatic rings. The molecule has 0 N–H and O–H groups in total. The van der Waals surface area contributed by atoms with Gasteiger partial charge in [0.15, 0.2) is 5.78 Å². The number of rotatable bonds is 3. The lowest BCUT2D eigenvalue weighted by atomic mass is 9.95. The van der Waals surface area contributed by atoms with Gasteiger partial charge in [0.05, 0.1) is 12.1 Å². The molecule has 0 unspecified atom stereocenters. The molecule has 0 spiro atoms. The Bertz CT molecular complexity index is 553. The molecule has 3 heteroatoms. The first kappa shape index (κ1) is 12.4. The van der Waals surface area contributed by atoms with Gasteiger partial charge in [0, 0.05) is 24.2 Å². The summed E-state index contributed by atoms with van der Waals surface area (Å²) in [4.78, 5) is 20.4. The summed E-state index contributed by atoms with van der Waals surface area (Å²) in [5.74, 6) is 0.102. The van der Waals surface area contributed by atoms with Gasteiger partial charge in [-0.15, -0.1) is 0 Å². The molecular weight excluding hydrogens is 224 g/mol. The van der Waals surface area contributed by atoms with Crippen LogP contribution in [0.1, 0.15) is 32.7 Å². The van der Waals surface area contributed by atoms with Crippen LogP contribution in [0.5, 0.6) is 0 Å². The summed E-state index contributed by atoms with van der Waals surface area (Å²) < 4.78 is 0. The Labute approximate surface area is 107 Å². The smallest absolute Gasteiger partial charge is 0.169 e. The fraction of sp³-hybridized carbons (Fsp3) is 0.267. The van der Waals surface area contributed by atoms with E-state index in [1.807, 2.05) is 32.9 Å². The van der Waals surface area contributed by atoms with Gasteiger partial charge in [-0.3, -0.25) is 14.8 Å². The standard InChI is InChI=1S/C15H16N2O/c1-10-6-11(2)15(12(3)7-10)14(18)8-13-9-16-4-5-17-13/h4-7,9H,8H2,1-3H3. The van der Waals surface area contributed by atoms with Gasteiger partial charge in [-0.25, -0.2) is 0 Å². The normalized spacial score (nSPS) is 10.4. The van der Waals surface area contributed by atoms with Gasteiger partial charge < -0.3 is 0 Å². The second-order valence-corrected chi connectivity index (χ2v) is 4.57. The minimum atomic E-state index is 0.102. The fourth-order valence-electron chi connectivity index (χ4n) is 2.29. The molecule has 18 heavy (non-hydrogen) atoms. The Morgan fingerprint density at radius 3 is 2.33 bits per heavy atom. The Hall–Kier alpha value is -2.03. The highest BCUT2D eigenvalue weighted by Crippen LogP contribution is 2.18. The van der Waals surface area contributed by atoms with Crippen molar-refractivity contribution in [3.05, 3.63) is 58.7 Å². The van der Waals surface area contributed by atoms with Gasteiger partial charge in [-0.1, -0.05) is 17.7 Å². The average molecular weight is 240 g/mol. The lowest BCUT2D eigenvalue weighted by Crippen LogP contribution is -2.09. The zero-order chi connectivity index (χ0) is 13.1. The van der Waals surface area contributed by atoms with Crippen molar-refractivity contribution in [2.45, 2.75) is 27.2 Å². The summed E-state index contributed by atoms with van der Waals surface area (Å²) in [6.07, 6.45) is 5.16. The first-order valence-electron chi connectivity index (χ1n) is 5.94. The highest BCUT2D eigenvalue weighted by atomic mass is 16.1. The van der Waals surface area contributed by atoms with Crippen LogP contribution in [-0.2, 0) is 6.42 Å². The Morgan fingerprint density at radius 2 is 1.78 bits per heavy atom. The van der Waals surface area contributed by atoms with E-state index in [0.29, 0.717) is 12.1 Å². The third-order valence-corrected chi connectivity index (χ3v) is 2.91. The topological polar surface area (TPSA) is 42.9 Å². The largest absolute Gasteiger partial charge is 0.294 e. The third kappa shape index (κ3) is 2.62. The van der Waals surface area contributed by atoms with Crippen LogP contribution in [-0.4, -0.2) is 15.8 Å². The van der Waals surface area contributed by atoms with Crippen molar-refractivity contribution in [2.24, 2.45) is 0 Å². The van der Waals surface area contributed by atoms with Gasteiger partial charge >= 0.3 is 0 Å². The van der Waals surface area contributed by atoms with E-state index in [1.54, 1.807) is 18.6 Å². The molecule has 1 heterocycles. The van der Waals surface area contributed by atoms with Crippen molar-refractivity contribution in [1.29, 1.82) is 0 Å². The van der Waals surface area contributed by atoms with Gasteiger partial charge in [0.1, 0.15) is 0 Å². The number of hydrogen-bond donors (Lipinski definition) is 0. The van der Waals surface area contributed by atoms with Crippen molar-refractivity contribution >= 4 is 5.78 Å². The SMILES string of the molecule is Cc1cc(C)c(C(=O)Cc2cnccn2)c(C)c1. The molecule has 0 bridgehead atoms. The second-order valence-electron chi connectivity index (χ2n) is 4.57. The molecule has 0 aliphatic heterocycles. The molecule has 92 valence electrons. The van der Waals surface area contributed by atoms with Crippen molar-refractivity contribution in [3.8, 4) is 0 Å². The van der Waals surface area contributed by atoms with Crippen LogP contribution in [0.25, 0.3) is 0 Å². The monoisotopic (exact) mass is 240 g/mol. The predicted octanol–water partition coefficient (Wildman–Crippen LogP) is 2.83. The van der Waals surface area contributed by atoms with Crippen molar-refractivity contribution in [3.63, 3.8) is 0 Å². The van der Waals surface area contributed by atoms with Crippen molar-refractivity contribution in [1.82, 2.24) is 9.97 Å². The Kier molecular flexibility index (Phi) is 3.51. The quantitative estimate of drug-likeness (QED) is 0.775. The van der Waals surface area contributed by atoms with E-state index < -0.39 is 0 Å². The van der Waals surface area contributed by atoms with E-state index in [4.69, 9.17) is 0 Å². The van der Waals surface area contributed by atoms with E-state index >= 15 is 0 Å². The van der Waals surface area contributed by atoms with Crippen LogP contribution >= 0.6 is 0 Å². The van der Waals surface area contributed by atoms with E-state index in [9.17, 15) is 4.79 Å². The molecule has 0 aliphatic rings. The molecule has 0 fully saturated rings. The van der Waals surface area contributed by atoms with Crippen LogP contribution < -0.4 is 0 Å². The number of hydrogen-bond acceptors (Lipinski definition) is 3. The van der Waals surface area contributed by atoms with Crippen molar-refractivity contribution < 1.29 is 4.79 Å². The lowest BCUT2D eigenvalue weighted by molar-refractivity contribution is 0.0990. The second kappa shape index (κ2) is 5.08. The third-order valence-electron chi connectivity index (χ3n) is 2.91. The number of Topliss-reactive ketones (excluding diaryl/α,β-unsaturated/α-hetero) is 1. The number of aromatic nitrogens is 2. The van der Waals surface area contributed by atoms with E-state index in [2.05, 4.69) is 9.97 Å². The first-order valence-corrected chi connectivity index (χ1v) is 5.94. The van der Waals surface area contributed by atoms with Crippen molar-refractivity contribution in [2.75, 3.05) is 0 Å². The zero-order valence-electron chi connectivity index (χ0n) is 10.9. The molecule has 0 saturated carbocycles. The molecule has 2 rings (SSSR count). The summed E-state index contributed by atoms with van der Waals surface area (Å²) in [5.41, 5.74) is 4.76. The average Bonchev–Trinajstić information content (AvgIpc) is 2.28. The highest BCUT2D eigenvalue weighted by molar-refractivity contribution is 5.99. The minimum absolute atomic E-state index is 0.102. The Balaban J connectivity index is 2.30. The maximum Gasteiger partial charge on any atom is 0.169 e. The van der Waals surface area contributed by atoms with Crippen LogP contribution in [0, 0.1) is 20.8 Å². The fourth-order valence-corrected chi connectivity index (χ4v) is 2.29. The van der Waals surface area contributed by atoms with E-state index in [1.165, 1.54) is 5.56 Å². The van der Waals surface area contributed by atoms with Gasteiger partial charge in [0.25, 0.3) is 0 Å². The maximum absolute atomic E-state index is 12.3. The number of carbonyl (C=O) groups is 1. The summed E-state index contributed by atoms with van der Waals surface area (Å²) in [6.45, 7) is 5.99.